The van der Waals surface area contributed by atoms with Gasteiger partial charge in [0.1, 0.15) is 0 Å². The number of morpholine rings is 1. The summed E-state index contributed by atoms with van der Waals surface area (Å²) in [4.78, 5) is 17.4. The maximum absolute atomic E-state index is 13.1. The number of rotatable bonds is 6. The fourth-order valence-corrected chi connectivity index (χ4v) is 5.89. The second-order valence-electron chi connectivity index (χ2n) is 8.27. The molecule has 1 aromatic carbocycles. The van der Waals surface area contributed by atoms with Crippen molar-refractivity contribution in [3.05, 3.63) is 18.2 Å². The van der Waals surface area contributed by atoms with E-state index in [0.717, 1.165) is 57.5 Å². The lowest BCUT2D eigenvalue weighted by Crippen LogP contribution is -2.40. The van der Waals surface area contributed by atoms with Gasteiger partial charge < -0.3 is 15.0 Å². The van der Waals surface area contributed by atoms with E-state index in [2.05, 4.69) is 15.1 Å². The lowest BCUT2D eigenvalue weighted by molar-refractivity contribution is -0.117. The first-order valence-corrected chi connectivity index (χ1v) is 12.5. The molecule has 0 atom stereocenters. The highest BCUT2D eigenvalue weighted by molar-refractivity contribution is 7.89. The van der Waals surface area contributed by atoms with Crippen LogP contribution < -0.4 is 10.2 Å². The summed E-state index contributed by atoms with van der Waals surface area (Å²) in [7, 11) is -3.61. The molecule has 0 aliphatic carbocycles. The van der Waals surface area contributed by atoms with Crippen LogP contribution in [-0.4, -0.2) is 82.6 Å². The topological polar surface area (TPSA) is 82.2 Å². The fraction of sp³-hybridized carbons (Fsp3) is 0.667. The molecule has 1 aromatic rings. The number of anilines is 2. The Morgan fingerprint density at radius 2 is 1.60 bits per heavy atom. The molecule has 9 heteroatoms. The van der Waals surface area contributed by atoms with Crippen LogP contribution in [0.2, 0.25) is 0 Å². The molecule has 3 aliphatic heterocycles. The number of carbonyl (C=O) groups excluding carboxylic acids is 1. The third-order valence-electron chi connectivity index (χ3n) is 6.11. The summed E-state index contributed by atoms with van der Waals surface area (Å²) in [5, 5.41) is 3.02. The number of ether oxygens (including phenoxy) is 1. The van der Waals surface area contributed by atoms with Crippen molar-refractivity contribution in [3.63, 3.8) is 0 Å². The van der Waals surface area contributed by atoms with Crippen molar-refractivity contribution in [1.82, 2.24) is 9.21 Å². The number of likely N-dealkylation sites (tertiary alicyclic amines) is 1. The smallest absolute Gasteiger partial charge is 0.243 e. The molecule has 0 aromatic heterocycles. The Balaban J connectivity index is 1.56. The predicted octanol–water partition coefficient (Wildman–Crippen LogP) is 1.73. The van der Waals surface area contributed by atoms with Gasteiger partial charge in [0, 0.05) is 26.2 Å². The van der Waals surface area contributed by atoms with Gasteiger partial charge in [-0.05, 0) is 57.0 Å². The lowest BCUT2D eigenvalue weighted by Gasteiger charge is -2.28. The first-order valence-electron chi connectivity index (χ1n) is 11.0. The van der Waals surface area contributed by atoms with Crippen LogP contribution in [0.5, 0.6) is 0 Å². The number of amides is 1. The average molecular weight is 437 g/mol. The summed E-state index contributed by atoms with van der Waals surface area (Å²) in [6.07, 6.45) is 5.68. The first-order chi connectivity index (χ1) is 14.5. The number of carbonyl (C=O) groups is 1. The summed E-state index contributed by atoms with van der Waals surface area (Å²) in [5.74, 6) is -0.0849. The second kappa shape index (κ2) is 9.64. The van der Waals surface area contributed by atoms with Crippen LogP contribution in [0, 0.1) is 0 Å². The number of hydrogen-bond acceptors (Lipinski definition) is 6. The molecule has 3 fully saturated rings. The zero-order chi connectivity index (χ0) is 21.0. The predicted molar refractivity (Wildman–Crippen MR) is 116 cm³/mol. The van der Waals surface area contributed by atoms with Crippen LogP contribution in [0.3, 0.4) is 0 Å². The Labute approximate surface area is 179 Å². The molecule has 1 N–H and O–H groups in total. The molecular formula is C21H32N4O4S. The monoisotopic (exact) mass is 436 g/mol. The molecule has 0 spiro atoms. The summed E-state index contributed by atoms with van der Waals surface area (Å²) in [5.41, 5.74) is 1.49. The van der Waals surface area contributed by atoms with Crippen molar-refractivity contribution in [2.45, 2.75) is 37.0 Å². The third-order valence-corrected chi connectivity index (χ3v) is 8.01. The van der Waals surface area contributed by atoms with Crippen LogP contribution in [0.15, 0.2) is 23.1 Å². The van der Waals surface area contributed by atoms with Gasteiger partial charge in [-0.1, -0.05) is 6.42 Å². The largest absolute Gasteiger partial charge is 0.379 e. The van der Waals surface area contributed by atoms with Crippen LogP contribution in [0.4, 0.5) is 11.4 Å². The van der Waals surface area contributed by atoms with Crippen LogP contribution >= 0.6 is 0 Å². The maximum Gasteiger partial charge on any atom is 0.243 e. The zero-order valence-electron chi connectivity index (χ0n) is 17.5. The molecule has 3 heterocycles. The standard InChI is InChI=1S/C21H32N4O4S/c26-21(17-23-8-2-1-3-9-23)22-19-16-18(6-7-20(19)24-10-4-5-11-24)30(27,28)25-12-14-29-15-13-25/h6-7,16H,1-5,8-15,17H2,(H,22,26). The first kappa shape index (κ1) is 21.5. The summed E-state index contributed by atoms with van der Waals surface area (Å²) in [6, 6.07) is 5.14. The van der Waals surface area contributed by atoms with Gasteiger partial charge in [-0.2, -0.15) is 4.31 Å². The van der Waals surface area contributed by atoms with Crippen molar-refractivity contribution in [2.24, 2.45) is 0 Å². The van der Waals surface area contributed by atoms with E-state index < -0.39 is 10.0 Å². The highest BCUT2D eigenvalue weighted by atomic mass is 32.2. The van der Waals surface area contributed by atoms with Crippen molar-refractivity contribution in [3.8, 4) is 0 Å². The number of benzene rings is 1. The molecule has 1 amide bonds. The van der Waals surface area contributed by atoms with E-state index in [4.69, 9.17) is 4.74 Å². The zero-order valence-corrected chi connectivity index (χ0v) is 18.3. The van der Waals surface area contributed by atoms with Crippen LogP contribution in [0.1, 0.15) is 32.1 Å². The lowest BCUT2D eigenvalue weighted by atomic mass is 10.1. The van der Waals surface area contributed by atoms with Gasteiger partial charge in [0.2, 0.25) is 15.9 Å². The molecule has 0 unspecified atom stereocenters. The molecule has 3 aliphatic rings. The molecule has 0 saturated carbocycles. The van der Waals surface area contributed by atoms with E-state index in [0.29, 0.717) is 38.5 Å². The van der Waals surface area contributed by atoms with Crippen molar-refractivity contribution in [1.29, 1.82) is 0 Å². The van der Waals surface area contributed by atoms with E-state index in [1.807, 2.05) is 6.07 Å². The summed E-state index contributed by atoms with van der Waals surface area (Å²) < 4.78 is 33.0. The van der Waals surface area contributed by atoms with Gasteiger partial charge in [-0.3, -0.25) is 9.69 Å². The minimum Gasteiger partial charge on any atom is -0.379 e. The molecular weight excluding hydrogens is 404 g/mol. The quantitative estimate of drug-likeness (QED) is 0.731. The number of nitrogens with zero attached hydrogens (tertiary/aromatic N) is 3. The minimum absolute atomic E-state index is 0.0849. The van der Waals surface area contributed by atoms with E-state index in [9.17, 15) is 13.2 Å². The SMILES string of the molecule is O=C(CN1CCCCC1)Nc1cc(S(=O)(=O)N2CCOCC2)ccc1N1CCCC1. The number of nitrogens with one attached hydrogen (secondary N) is 1. The van der Waals surface area contributed by atoms with Crippen molar-refractivity contribution < 1.29 is 17.9 Å². The van der Waals surface area contributed by atoms with Crippen LogP contribution in [-0.2, 0) is 19.6 Å². The van der Waals surface area contributed by atoms with Gasteiger partial charge in [-0.15, -0.1) is 0 Å². The minimum atomic E-state index is -3.61. The molecule has 8 nitrogen and oxygen atoms in total. The fourth-order valence-electron chi connectivity index (χ4n) is 4.46. The van der Waals surface area contributed by atoms with E-state index in [1.54, 1.807) is 12.1 Å². The molecule has 0 bridgehead atoms. The normalized spacial score (nSPS) is 21.7. The number of piperidine rings is 1. The van der Waals surface area contributed by atoms with Gasteiger partial charge in [0.25, 0.3) is 0 Å². The van der Waals surface area contributed by atoms with Gasteiger partial charge in [0.15, 0.2) is 0 Å². The van der Waals surface area contributed by atoms with Crippen LogP contribution in [0.25, 0.3) is 0 Å². The molecule has 166 valence electrons. The molecule has 30 heavy (non-hydrogen) atoms. The molecule has 4 rings (SSSR count). The van der Waals surface area contributed by atoms with Crippen molar-refractivity contribution in [2.75, 3.05) is 69.2 Å². The number of sulfonamides is 1. The average Bonchev–Trinajstić information content (AvgIpc) is 3.29. The summed E-state index contributed by atoms with van der Waals surface area (Å²) in [6.45, 7) is 5.60. The Hall–Kier alpha value is -1.68. The van der Waals surface area contributed by atoms with Gasteiger partial charge in [0.05, 0.1) is 36.0 Å². The van der Waals surface area contributed by atoms with Gasteiger partial charge in [-0.25, -0.2) is 8.42 Å². The Morgan fingerprint density at radius 1 is 0.933 bits per heavy atom. The second-order valence-corrected chi connectivity index (χ2v) is 10.2. The highest BCUT2D eigenvalue weighted by Gasteiger charge is 2.28. The molecule has 0 radical (unpaired) electrons. The van der Waals surface area contributed by atoms with E-state index >= 15 is 0 Å². The summed E-state index contributed by atoms with van der Waals surface area (Å²) >= 11 is 0. The van der Waals surface area contributed by atoms with E-state index in [1.165, 1.54) is 10.7 Å². The molecule has 3 saturated heterocycles. The van der Waals surface area contributed by atoms with Crippen molar-refractivity contribution >= 4 is 27.3 Å². The van der Waals surface area contributed by atoms with Gasteiger partial charge >= 0.3 is 0 Å². The third kappa shape index (κ3) is 4.96. The highest BCUT2D eigenvalue weighted by Crippen LogP contribution is 2.32. The Bertz CT molecular complexity index is 843. The Kier molecular flexibility index (Phi) is 6.92. The Morgan fingerprint density at radius 3 is 2.30 bits per heavy atom. The number of hydrogen-bond donors (Lipinski definition) is 1. The maximum atomic E-state index is 13.1. The van der Waals surface area contributed by atoms with E-state index in [-0.39, 0.29) is 10.8 Å².